The van der Waals surface area contributed by atoms with Crippen LogP contribution in [0.25, 0.3) is 0 Å². The van der Waals surface area contributed by atoms with Crippen LogP contribution in [-0.4, -0.2) is 5.78 Å². The first-order valence-electron chi connectivity index (χ1n) is 10.3. The Balaban J connectivity index is 2.18. The Labute approximate surface area is 139 Å². The molecular formula is C21H40O. The summed E-state index contributed by atoms with van der Waals surface area (Å²) in [4.78, 5) is 12.0. The van der Waals surface area contributed by atoms with Gasteiger partial charge in [0.25, 0.3) is 0 Å². The van der Waals surface area contributed by atoms with Gasteiger partial charge in [0.2, 0.25) is 0 Å². The van der Waals surface area contributed by atoms with Crippen LogP contribution in [0.1, 0.15) is 122 Å². The van der Waals surface area contributed by atoms with Crippen LogP contribution in [0.5, 0.6) is 0 Å². The molecule has 1 rings (SSSR count). The Bertz CT molecular complexity index is 259. The zero-order chi connectivity index (χ0) is 15.9. The van der Waals surface area contributed by atoms with Gasteiger partial charge in [0, 0.05) is 12.8 Å². The van der Waals surface area contributed by atoms with E-state index in [9.17, 15) is 4.79 Å². The van der Waals surface area contributed by atoms with E-state index in [0.717, 1.165) is 19.3 Å². The molecule has 0 aliphatic heterocycles. The highest BCUT2D eigenvalue weighted by Gasteiger charge is 2.09. The normalized spacial score (nSPS) is 26.4. The van der Waals surface area contributed by atoms with Gasteiger partial charge in [0.15, 0.2) is 0 Å². The fourth-order valence-electron chi connectivity index (χ4n) is 3.71. The lowest BCUT2D eigenvalue weighted by molar-refractivity contribution is -0.120. The maximum absolute atomic E-state index is 12.0. The summed E-state index contributed by atoms with van der Waals surface area (Å²) < 4.78 is 0. The predicted octanol–water partition coefficient (Wildman–Crippen LogP) is 7.23. The number of hydrogen-bond acceptors (Lipinski definition) is 1. The summed E-state index contributed by atoms with van der Waals surface area (Å²) in [5, 5.41) is 0. The standard InChI is InChI=1S/C21H40O/c1-20-17-15-13-11-9-7-5-3-2-4-6-8-10-12-14-16-18-21(22)19-20/h20H,2-19H2,1H3. The third-order valence-electron chi connectivity index (χ3n) is 5.23. The molecular weight excluding hydrogens is 268 g/mol. The van der Waals surface area contributed by atoms with Crippen LogP contribution in [0.3, 0.4) is 0 Å². The van der Waals surface area contributed by atoms with E-state index in [4.69, 9.17) is 0 Å². The number of ketones is 1. The number of carbonyl (C=O) groups excluding carboxylic acids is 1. The summed E-state index contributed by atoms with van der Waals surface area (Å²) >= 11 is 0. The molecule has 1 atom stereocenters. The SMILES string of the molecule is CC1CCCCCCCCCCCCCCCCCC(=O)C1. The molecule has 0 heterocycles. The van der Waals surface area contributed by atoms with Crippen molar-refractivity contribution in [2.45, 2.75) is 122 Å². The molecule has 0 radical (unpaired) electrons. The molecule has 1 heteroatoms. The molecule has 0 amide bonds. The monoisotopic (exact) mass is 308 g/mol. The molecule has 130 valence electrons. The topological polar surface area (TPSA) is 17.1 Å². The van der Waals surface area contributed by atoms with E-state index < -0.39 is 0 Å². The Hall–Kier alpha value is -0.330. The van der Waals surface area contributed by atoms with Gasteiger partial charge >= 0.3 is 0 Å². The molecule has 1 aliphatic rings. The van der Waals surface area contributed by atoms with Gasteiger partial charge in [-0.3, -0.25) is 4.79 Å². The van der Waals surface area contributed by atoms with Gasteiger partial charge in [-0.1, -0.05) is 103 Å². The average molecular weight is 309 g/mol. The van der Waals surface area contributed by atoms with Crippen molar-refractivity contribution < 1.29 is 4.79 Å². The lowest BCUT2D eigenvalue weighted by atomic mass is 9.94. The van der Waals surface area contributed by atoms with Gasteiger partial charge in [-0.05, 0) is 12.3 Å². The molecule has 0 N–H and O–H groups in total. The minimum Gasteiger partial charge on any atom is -0.300 e. The summed E-state index contributed by atoms with van der Waals surface area (Å²) in [6.45, 7) is 2.27. The minimum absolute atomic E-state index is 0.516. The zero-order valence-electron chi connectivity index (χ0n) is 15.2. The second-order valence-corrected chi connectivity index (χ2v) is 7.69. The van der Waals surface area contributed by atoms with Crippen LogP contribution in [-0.2, 0) is 4.79 Å². The number of hydrogen-bond donors (Lipinski definition) is 0. The number of Topliss-reactive ketones (excluding diaryl/α,β-unsaturated/α-hetero) is 1. The van der Waals surface area contributed by atoms with Crippen molar-refractivity contribution in [1.29, 1.82) is 0 Å². The highest BCUT2D eigenvalue weighted by atomic mass is 16.1. The highest BCUT2D eigenvalue weighted by molar-refractivity contribution is 5.78. The van der Waals surface area contributed by atoms with Crippen LogP contribution in [0.15, 0.2) is 0 Å². The van der Waals surface area contributed by atoms with Gasteiger partial charge in [-0.2, -0.15) is 0 Å². The van der Waals surface area contributed by atoms with E-state index in [1.807, 2.05) is 0 Å². The first-order chi connectivity index (χ1) is 10.8. The summed E-state index contributed by atoms with van der Waals surface area (Å²) in [6, 6.07) is 0. The Morgan fingerprint density at radius 3 is 1.41 bits per heavy atom. The average Bonchev–Trinajstić information content (AvgIpc) is 2.49. The van der Waals surface area contributed by atoms with E-state index in [1.165, 1.54) is 96.3 Å². The van der Waals surface area contributed by atoms with Gasteiger partial charge in [0.05, 0.1) is 0 Å². The van der Waals surface area contributed by atoms with Crippen LogP contribution in [0.4, 0.5) is 0 Å². The van der Waals surface area contributed by atoms with Crippen LogP contribution in [0, 0.1) is 5.92 Å². The van der Waals surface area contributed by atoms with Crippen molar-refractivity contribution in [3.05, 3.63) is 0 Å². The lowest BCUT2D eigenvalue weighted by Gasteiger charge is -2.11. The zero-order valence-corrected chi connectivity index (χ0v) is 15.2. The first-order valence-corrected chi connectivity index (χ1v) is 10.3. The van der Waals surface area contributed by atoms with E-state index in [-0.39, 0.29) is 0 Å². The molecule has 1 aliphatic carbocycles. The van der Waals surface area contributed by atoms with Gasteiger partial charge in [0.1, 0.15) is 5.78 Å². The molecule has 1 unspecified atom stereocenters. The van der Waals surface area contributed by atoms with Gasteiger partial charge in [-0.25, -0.2) is 0 Å². The number of carbonyl (C=O) groups is 1. The van der Waals surface area contributed by atoms with Crippen LogP contribution in [0.2, 0.25) is 0 Å². The van der Waals surface area contributed by atoms with Crippen molar-refractivity contribution in [1.82, 2.24) is 0 Å². The molecule has 1 saturated carbocycles. The fourth-order valence-corrected chi connectivity index (χ4v) is 3.71. The predicted molar refractivity (Wildman–Crippen MR) is 97.3 cm³/mol. The summed E-state index contributed by atoms with van der Waals surface area (Å²) in [5.74, 6) is 1.12. The van der Waals surface area contributed by atoms with Crippen molar-refractivity contribution >= 4 is 5.78 Å². The third kappa shape index (κ3) is 12.2. The quantitative estimate of drug-likeness (QED) is 0.461. The van der Waals surface area contributed by atoms with Gasteiger partial charge in [-0.15, -0.1) is 0 Å². The maximum Gasteiger partial charge on any atom is 0.133 e. The van der Waals surface area contributed by atoms with Crippen LogP contribution < -0.4 is 0 Å². The van der Waals surface area contributed by atoms with Crippen molar-refractivity contribution in [2.75, 3.05) is 0 Å². The smallest absolute Gasteiger partial charge is 0.133 e. The Kier molecular flexibility index (Phi) is 12.8. The summed E-state index contributed by atoms with van der Waals surface area (Å²) in [7, 11) is 0. The molecule has 0 saturated heterocycles. The second kappa shape index (κ2) is 14.3. The maximum atomic E-state index is 12.0. The molecule has 1 fully saturated rings. The molecule has 0 bridgehead atoms. The van der Waals surface area contributed by atoms with E-state index in [2.05, 4.69) is 6.92 Å². The van der Waals surface area contributed by atoms with E-state index in [1.54, 1.807) is 0 Å². The molecule has 0 aromatic carbocycles. The van der Waals surface area contributed by atoms with E-state index >= 15 is 0 Å². The van der Waals surface area contributed by atoms with Crippen molar-refractivity contribution in [3.63, 3.8) is 0 Å². The lowest BCUT2D eigenvalue weighted by Crippen LogP contribution is -2.05. The van der Waals surface area contributed by atoms with Crippen molar-refractivity contribution in [3.8, 4) is 0 Å². The first kappa shape index (κ1) is 19.7. The van der Waals surface area contributed by atoms with E-state index in [0.29, 0.717) is 11.7 Å². The minimum atomic E-state index is 0.516. The Morgan fingerprint density at radius 1 is 0.591 bits per heavy atom. The van der Waals surface area contributed by atoms with Crippen molar-refractivity contribution in [2.24, 2.45) is 5.92 Å². The summed E-state index contributed by atoms with van der Waals surface area (Å²) in [5.41, 5.74) is 0. The van der Waals surface area contributed by atoms with Crippen LogP contribution >= 0.6 is 0 Å². The molecule has 1 nitrogen and oxygen atoms in total. The number of rotatable bonds is 0. The Morgan fingerprint density at radius 2 is 0.955 bits per heavy atom. The largest absolute Gasteiger partial charge is 0.300 e. The third-order valence-corrected chi connectivity index (χ3v) is 5.23. The molecule has 0 spiro atoms. The second-order valence-electron chi connectivity index (χ2n) is 7.69. The highest BCUT2D eigenvalue weighted by Crippen LogP contribution is 2.18. The summed E-state index contributed by atoms with van der Waals surface area (Å²) in [6.07, 6.45) is 23.6. The van der Waals surface area contributed by atoms with Gasteiger partial charge < -0.3 is 0 Å². The molecule has 0 aromatic rings. The molecule has 0 aromatic heterocycles. The fraction of sp³-hybridized carbons (Fsp3) is 0.952. The molecule has 22 heavy (non-hydrogen) atoms.